The number of furan rings is 1. The van der Waals surface area contributed by atoms with E-state index in [1.54, 1.807) is 6.26 Å². The van der Waals surface area contributed by atoms with Crippen molar-refractivity contribution in [3.63, 3.8) is 0 Å². The van der Waals surface area contributed by atoms with E-state index in [0.29, 0.717) is 30.1 Å². The molecule has 0 amide bonds. The zero-order valence-electron chi connectivity index (χ0n) is 11.0. The van der Waals surface area contributed by atoms with E-state index in [1.807, 2.05) is 12.1 Å². The van der Waals surface area contributed by atoms with Gasteiger partial charge >= 0.3 is 0 Å². The van der Waals surface area contributed by atoms with E-state index in [2.05, 4.69) is 27.3 Å². The molecule has 6 nitrogen and oxygen atoms in total. The first-order chi connectivity index (χ1) is 9.36. The fraction of sp³-hybridized carbons (Fsp3) is 0.538. The maximum absolute atomic E-state index is 5.30. The molecule has 2 aromatic heterocycles. The van der Waals surface area contributed by atoms with Gasteiger partial charge < -0.3 is 14.3 Å². The average molecular weight is 262 g/mol. The number of hydrogen-bond acceptors (Lipinski definition) is 6. The van der Waals surface area contributed by atoms with Gasteiger partial charge in [-0.2, -0.15) is 4.98 Å². The van der Waals surface area contributed by atoms with Crippen LogP contribution in [-0.4, -0.2) is 40.7 Å². The molecule has 0 bridgehead atoms. The molecule has 6 heteroatoms. The molecule has 19 heavy (non-hydrogen) atoms. The van der Waals surface area contributed by atoms with E-state index in [0.717, 1.165) is 19.6 Å². The molecule has 1 atom stereocenters. The van der Waals surface area contributed by atoms with E-state index in [4.69, 9.17) is 8.94 Å². The summed E-state index contributed by atoms with van der Waals surface area (Å²) in [6.07, 6.45) is 2.78. The van der Waals surface area contributed by atoms with Crippen LogP contribution in [0.5, 0.6) is 0 Å². The minimum Gasteiger partial charge on any atom is -0.461 e. The first kappa shape index (κ1) is 12.4. The van der Waals surface area contributed by atoms with Gasteiger partial charge in [0, 0.05) is 12.6 Å². The lowest BCUT2D eigenvalue weighted by Gasteiger charge is -2.24. The van der Waals surface area contributed by atoms with Crippen molar-refractivity contribution in [3.05, 3.63) is 24.3 Å². The van der Waals surface area contributed by atoms with E-state index in [1.165, 1.54) is 6.42 Å². The molecule has 102 valence electrons. The highest BCUT2D eigenvalue weighted by Gasteiger charge is 2.23. The van der Waals surface area contributed by atoms with Crippen molar-refractivity contribution in [3.8, 4) is 11.6 Å². The lowest BCUT2D eigenvalue weighted by Crippen LogP contribution is -2.36. The summed E-state index contributed by atoms with van der Waals surface area (Å²) in [4.78, 5) is 6.74. The second-order valence-corrected chi connectivity index (χ2v) is 4.70. The van der Waals surface area contributed by atoms with Crippen molar-refractivity contribution in [2.24, 2.45) is 0 Å². The van der Waals surface area contributed by atoms with Crippen LogP contribution in [0.25, 0.3) is 11.6 Å². The Morgan fingerprint density at radius 2 is 2.47 bits per heavy atom. The smallest absolute Gasteiger partial charge is 0.241 e. The first-order valence-electron chi connectivity index (χ1n) is 6.68. The summed E-state index contributed by atoms with van der Waals surface area (Å²) < 4.78 is 10.6. The van der Waals surface area contributed by atoms with Gasteiger partial charge in [0.1, 0.15) is 0 Å². The highest BCUT2D eigenvalue weighted by atomic mass is 16.5. The van der Waals surface area contributed by atoms with Crippen LogP contribution in [0, 0.1) is 0 Å². The molecular weight excluding hydrogens is 244 g/mol. The van der Waals surface area contributed by atoms with E-state index >= 15 is 0 Å². The number of aromatic nitrogens is 2. The van der Waals surface area contributed by atoms with Crippen molar-refractivity contribution in [2.45, 2.75) is 25.9 Å². The maximum atomic E-state index is 5.30. The molecule has 0 aliphatic carbocycles. The van der Waals surface area contributed by atoms with Crippen molar-refractivity contribution < 1.29 is 8.94 Å². The largest absolute Gasteiger partial charge is 0.461 e. The van der Waals surface area contributed by atoms with Crippen LogP contribution in [0.3, 0.4) is 0 Å². The minimum atomic E-state index is 0.514. The van der Waals surface area contributed by atoms with Crippen molar-refractivity contribution in [1.29, 1.82) is 0 Å². The van der Waals surface area contributed by atoms with Crippen LogP contribution in [0.15, 0.2) is 27.3 Å². The Hall–Kier alpha value is -1.66. The molecule has 1 saturated heterocycles. The van der Waals surface area contributed by atoms with Crippen LogP contribution >= 0.6 is 0 Å². The molecule has 1 unspecified atom stereocenters. The number of nitrogens with zero attached hydrogens (tertiary/aromatic N) is 3. The van der Waals surface area contributed by atoms with E-state index in [9.17, 15) is 0 Å². The quantitative estimate of drug-likeness (QED) is 0.881. The third-order valence-corrected chi connectivity index (χ3v) is 3.50. The standard InChI is InChI=1S/C13H18N4O2/c1-2-17(10-5-6-14-8-10)9-12-15-13(16-19-12)11-4-3-7-18-11/h3-4,7,10,14H,2,5-6,8-9H2,1H3. The summed E-state index contributed by atoms with van der Waals surface area (Å²) in [5.74, 6) is 1.79. The Balaban J connectivity index is 1.68. The SMILES string of the molecule is CCN(Cc1nc(-c2ccco2)no1)C1CCNC1. The summed E-state index contributed by atoms with van der Waals surface area (Å²) >= 11 is 0. The van der Waals surface area contributed by atoms with Crippen molar-refractivity contribution in [2.75, 3.05) is 19.6 Å². The summed E-state index contributed by atoms with van der Waals surface area (Å²) in [5.41, 5.74) is 0. The Morgan fingerprint density at radius 1 is 1.53 bits per heavy atom. The highest BCUT2D eigenvalue weighted by Crippen LogP contribution is 2.17. The van der Waals surface area contributed by atoms with Crippen LogP contribution in [0.4, 0.5) is 0 Å². The molecule has 0 saturated carbocycles. The average Bonchev–Trinajstić information content (AvgIpc) is 3.15. The lowest BCUT2D eigenvalue weighted by molar-refractivity contribution is 0.183. The molecule has 3 heterocycles. The Labute approximate surface area is 111 Å². The summed E-state index contributed by atoms with van der Waals surface area (Å²) in [6.45, 7) is 5.94. The summed E-state index contributed by atoms with van der Waals surface area (Å²) in [5, 5.41) is 7.33. The molecule has 0 aromatic carbocycles. The Kier molecular flexibility index (Phi) is 3.61. The minimum absolute atomic E-state index is 0.514. The van der Waals surface area contributed by atoms with Gasteiger partial charge in [-0.15, -0.1) is 0 Å². The number of rotatable bonds is 5. The van der Waals surface area contributed by atoms with Gasteiger partial charge in [-0.25, -0.2) is 0 Å². The van der Waals surface area contributed by atoms with Crippen LogP contribution in [-0.2, 0) is 6.54 Å². The highest BCUT2D eigenvalue weighted by molar-refractivity contribution is 5.44. The van der Waals surface area contributed by atoms with Crippen LogP contribution in [0.1, 0.15) is 19.2 Å². The Morgan fingerprint density at radius 3 is 3.16 bits per heavy atom. The molecule has 1 N–H and O–H groups in total. The molecule has 1 aliphatic heterocycles. The number of hydrogen-bond donors (Lipinski definition) is 1. The van der Waals surface area contributed by atoms with Gasteiger partial charge in [-0.3, -0.25) is 4.90 Å². The van der Waals surface area contributed by atoms with Gasteiger partial charge in [0.05, 0.1) is 12.8 Å². The second-order valence-electron chi connectivity index (χ2n) is 4.70. The third kappa shape index (κ3) is 2.69. The van der Waals surface area contributed by atoms with Gasteiger partial charge in [-0.1, -0.05) is 12.1 Å². The van der Waals surface area contributed by atoms with E-state index < -0.39 is 0 Å². The first-order valence-corrected chi connectivity index (χ1v) is 6.68. The molecule has 3 rings (SSSR count). The van der Waals surface area contributed by atoms with Crippen LogP contribution < -0.4 is 5.32 Å². The van der Waals surface area contributed by atoms with Gasteiger partial charge in [0.15, 0.2) is 5.76 Å². The van der Waals surface area contributed by atoms with Gasteiger partial charge in [-0.05, 0) is 31.6 Å². The van der Waals surface area contributed by atoms with Crippen molar-refractivity contribution in [1.82, 2.24) is 20.4 Å². The maximum Gasteiger partial charge on any atom is 0.241 e. The molecule has 1 aliphatic rings. The monoisotopic (exact) mass is 262 g/mol. The predicted octanol–water partition coefficient (Wildman–Crippen LogP) is 1.51. The summed E-state index contributed by atoms with van der Waals surface area (Å²) in [6, 6.07) is 4.20. The van der Waals surface area contributed by atoms with E-state index in [-0.39, 0.29) is 0 Å². The third-order valence-electron chi connectivity index (χ3n) is 3.50. The normalized spacial score (nSPS) is 19.4. The van der Waals surface area contributed by atoms with Gasteiger partial charge in [0.2, 0.25) is 11.7 Å². The van der Waals surface area contributed by atoms with Gasteiger partial charge in [0.25, 0.3) is 0 Å². The second kappa shape index (κ2) is 5.54. The molecular formula is C13H18N4O2. The Bertz CT molecular complexity index is 502. The lowest BCUT2D eigenvalue weighted by atomic mass is 10.2. The summed E-state index contributed by atoms with van der Waals surface area (Å²) in [7, 11) is 0. The molecule has 1 fully saturated rings. The number of nitrogens with one attached hydrogen (secondary N) is 1. The van der Waals surface area contributed by atoms with Crippen LogP contribution in [0.2, 0.25) is 0 Å². The molecule has 0 spiro atoms. The molecule has 0 radical (unpaired) electrons. The topological polar surface area (TPSA) is 67.3 Å². The zero-order valence-corrected chi connectivity index (χ0v) is 11.0. The van der Waals surface area contributed by atoms with Crippen molar-refractivity contribution >= 4 is 0 Å². The predicted molar refractivity (Wildman–Crippen MR) is 69.4 cm³/mol. The number of likely N-dealkylation sites (N-methyl/N-ethyl adjacent to an activating group) is 1. The molecule has 2 aromatic rings. The zero-order chi connectivity index (χ0) is 13.1. The fourth-order valence-corrected chi connectivity index (χ4v) is 2.45. The fourth-order valence-electron chi connectivity index (χ4n) is 2.45.